The van der Waals surface area contributed by atoms with Crippen molar-refractivity contribution in [1.29, 1.82) is 0 Å². The van der Waals surface area contributed by atoms with E-state index in [0.29, 0.717) is 13.1 Å². The van der Waals surface area contributed by atoms with Crippen LogP contribution in [0, 0.1) is 5.92 Å². The molecule has 0 aliphatic carbocycles. The molecule has 2 aromatic heterocycles. The van der Waals surface area contributed by atoms with Crippen molar-refractivity contribution in [2.24, 2.45) is 5.92 Å². The van der Waals surface area contributed by atoms with Crippen LogP contribution >= 0.6 is 0 Å². The molecule has 0 N–H and O–H groups in total. The molecule has 300 valence electrons. The van der Waals surface area contributed by atoms with Crippen LogP contribution in [-0.4, -0.2) is 138 Å². The first-order chi connectivity index (χ1) is 26.4. The number of rotatable bonds is 22. The van der Waals surface area contributed by atoms with Gasteiger partial charge in [-0.1, -0.05) is 13.2 Å². The van der Waals surface area contributed by atoms with Crippen molar-refractivity contribution in [3.8, 4) is 0 Å². The molecule has 4 heterocycles. The first-order valence-corrected chi connectivity index (χ1v) is 17.1. The minimum atomic E-state index is -1.23. The van der Waals surface area contributed by atoms with Crippen LogP contribution in [-0.2, 0) is 79.6 Å². The number of hydrogen-bond acceptors (Lipinski definition) is 18. The number of aryl methyl sites for hydroxylation is 1. The number of carbonyl (C=O) groups is 6. The topological polar surface area (TPSA) is 230 Å². The lowest BCUT2D eigenvalue weighted by Crippen LogP contribution is -2.38. The number of imidazole rings is 2. The van der Waals surface area contributed by atoms with E-state index >= 15 is 0 Å². The number of aldehydes is 1. The van der Waals surface area contributed by atoms with E-state index in [4.69, 9.17) is 47.4 Å². The molecule has 2 aliphatic rings. The van der Waals surface area contributed by atoms with Gasteiger partial charge in [0.25, 0.3) is 0 Å². The molecule has 4 rings (SSSR count). The molecule has 3 unspecified atom stereocenters. The third-order valence-corrected chi connectivity index (χ3v) is 7.88. The van der Waals surface area contributed by atoms with Crippen LogP contribution in [0.4, 0.5) is 9.59 Å². The molecule has 7 atom stereocenters. The number of esters is 3. The Morgan fingerprint density at radius 2 is 1.27 bits per heavy atom. The molecule has 20 heteroatoms. The highest BCUT2D eigenvalue weighted by molar-refractivity contribution is 5.87. The summed E-state index contributed by atoms with van der Waals surface area (Å²) in [6.07, 6.45) is 1.94. The lowest BCUT2D eigenvalue weighted by atomic mass is 10.1. The van der Waals surface area contributed by atoms with Crippen LogP contribution in [0.5, 0.6) is 0 Å². The van der Waals surface area contributed by atoms with E-state index in [1.54, 1.807) is 40.2 Å². The van der Waals surface area contributed by atoms with Gasteiger partial charge in [0, 0.05) is 49.0 Å². The fourth-order valence-electron chi connectivity index (χ4n) is 5.07. The molecule has 2 aromatic rings. The lowest BCUT2D eigenvalue weighted by Gasteiger charge is -2.21. The quantitative estimate of drug-likeness (QED) is 0.0711. The Hall–Kier alpha value is -5.60. The van der Waals surface area contributed by atoms with E-state index < -0.39 is 92.6 Å². The molecular formula is C35H44N4O16. The monoisotopic (exact) mass is 776 g/mol. The molecular weight excluding hydrogens is 732 g/mol. The van der Waals surface area contributed by atoms with Gasteiger partial charge < -0.3 is 61.3 Å². The van der Waals surface area contributed by atoms with Crippen LogP contribution < -0.4 is 0 Å². The SMILES string of the molecule is C=C(C)C(=O)OCC(COCC(C=O)Cn1ccnc1)OC(=O)O[C@H]1CO[C@H]2[C@@H]1OC[C@H]2OC(=O)OC(COC(=O)CCn1ccnc1)COC(=O)C(=C)C. The molecule has 0 saturated carbocycles. The van der Waals surface area contributed by atoms with Gasteiger partial charge in [-0.15, -0.1) is 0 Å². The molecule has 0 aromatic carbocycles. The van der Waals surface area contributed by atoms with E-state index in [0.717, 1.165) is 6.29 Å². The van der Waals surface area contributed by atoms with Crippen LogP contribution in [0.25, 0.3) is 0 Å². The minimum Gasteiger partial charge on any atom is -0.462 e. The van der Waals surface area contributed by atoms with Gasteiger partial charge in [-0.05, 0) is 13.8 Å². The zero-order valence-corrected chi connectivity index (χ0v) is 30.4. The number of carbonyl (C=O) groups excluding carboxylic acids is 6. The third kappa shape index (κ3) is 14.0. The molecule has 0 amide bonds. The summed E-state index contributed by atoms with van der Waals surface area (Å²) in [7, 11) is 0. The van der Waals surface area contributed by atoms with E-state index in [9.17, 15) is 28.8 Å². The van der Waals surface area contributed by atoms with Gasteiger partial charge in [0.15, 0.2) is 24.4 Å². The van der Waals surface area contributed by atoms with Crippen molar-refractivity contribution in [1.82, 2.24) is 19.1 Å². The first kappa shape index (κ1) is 42.1. The second-order valence-electron chi connectivity index (χ2n) is 12.6. The van der Waals surface area contributed by atoms with E-state index in [1.807, 2.05) is 0 Å². The summed E-state index contributed by atoms with van der Waals surface area (Å²) in [5, 5.41) is 0. The highest BCUT2D eigenvalue weighted by Crippen LogP contribution is 2.31. The van der Waals surface area contributed by atoms with Crippen molar-refractivity contribution < 1.29 is 76.1 Å². The van der Waals surface area contributed by atoms with Gasteiger partial charge in [0.2, 0.25) is 0 Å². The summed E-state index contributed by atoms with van der Waals surface area (Å²) in [4.78, 5) is 81.3. The molecule has 0 spiro atoms. The van der Waals surface area contributed by atoms with Gasteiger partial charge in [-0.25, -0.2) is 29.1 Å². The number of fused-ring (bicyclic) bond motifs is 1. The van der Waals surface area contributed by atoms with E-state index in [-0.39, 0.29) is 44.0 Å². The smallest absolute Gasteiger partial charge is 0.462 e. The summed E-state index contributed by atoms with van der Waals surface area (Å²) in [6.45, 7) is 8.66. The van der Waals surface area contributed by atoms with Crippen LogP contribution in [0.15, 0.2) is 61.7 Å². The van der Waals surface area contributed by atoms with Gasteiger partial charge >= 0.3 is 30.2 Å². The average Bonchev–Trinajstić information content (AvgIpc) is 3.99. The van der Waals surface area contributed by atoms with Crippen molar-refractivity contribution in [2.45, 2.75) is 70.0 Å². The summed E-state index contributed by atoms with van der Waals surface area (Å²) in [5.41, 5.74) is 0.228. The molecule has 2 aliphatic heterocycles. The fraction of sp³-hybridized carbons (Fsp3) is 0.543. The van der Waals surface area contributed by atoms with Crippen molar-refractivity contribution >= 4 is 36.5 Å². The third-order valence-electron chi connectivity index (χ3n) is 7.88. The Labute approximate surface area is 315 Å². The largest absolute Gasteiger partial charge is 0.509 e. The van der Waals surface area contributed by atoms with E-state index in [2.05, 4.69) is 23.1 Å². The normalized spacial score (nSPS) is 20.2. The maximum absolute atomic E-state index is 12.9. The maximum Gasteiger partial charge on any atom is 0.509 e. The standard InChI is InChI=1S/C35H44N4O16/c1-22(2)32(42)50-16-25(14-46-13-24(12-40)11-39-10-7-37-21-39)52-34(44)54-27-18-48-31-28(19-49-30(27)31)55-35(45)53-26(17-51-33(43)23(3)4)15-47-29(41)5-8-38-9-6-36-20-38/h6-7,9-10,12,20-21,24-28,30-31H,1,3,5,8,11,13-19H2,2,4H3/t24?,25?,26?,27-,28+,30+,31+/m0/s1. The van der Waals surface area contributed by atoms with Crippen LogP contribution in [0.2, 0.25) is 0 Å². The Balaban J connectivity index is 1.25. The van der Waals surface area contributed by atoms with Gasteiger partial charge in [0.1, 0.15) is 38.3 Å². The molecule has 55 heavy (non-hydrogen) atoms. The highest BCUT2D eigenvalue weighted by atomic mass is 16.8. The maximum atomic E-state index is 12.9. The first-order valence-electron chi connectivity index (χ1n) is 17.1. The summed E-state index contributed by atoms with van der Waals surface area (Å²) >= 11 is 0. The van der Waals surface area contributed by atoms with Crippen molar-refractivity contribution in [3.05, 3.63) is 61.7 Å². The Morgan fingerprint density at radius 1 is 0.764 bits per heavy atom. The predicted octanol–water partition coefficient (Wildman–Crippen LogP) is 1.36. The Morgan fingerprint density at radius 3 is 1.76 bits per heavy atom. The zero-order valence-electron chi connectivity index (χ0n) is 30.4. The summed E-state index contributed by atoms with van der Waals surface area (Å²) < 4.78 is 57.5. The van der Waals surface area contributed by atoms with E-state index in [1.165, 1.54) is 20.2 Å². The van der Waals surface area contributed by atoms with Crippen molar-refractivity contribution in [2.75, 3.05) is 46.2 Å². The molecule has 2 fully saturated rings. The predicted molar refractivity (Wildman–Crippen MR) is 182 cm³/mol. The average molecular weight is 777 g/mol. The molecule has 0 radical (unpaired) electrons. The highest BCUT2D eigenvalue weighted by Gasteiger charge is 2.52. The van der Waals surface area contributed by atoms with Gasteiger partial charge in [-0.3, -0.25) is 4.79 Å². The fourth-order valence-corrected chi connectivity index (χ4v) is 5.07. The lowest BCUT2D eigenvalue weighted by molar-refractivity contribution is -0.152. The summed E-state index contributed by atoms with van der Waals surface area (Å²) in [5.74, 6) is -2.60. The molecule has 20 nitrogen and oxygen atoms in total. The molecule has 0 bridgehead atoms. The Kier molecular flexibility index (Phi) is 16.3. The van der Waals surface area contributed by atoms with Crippen molar-refractivity contribution in [3.63, 3.8) is 0 Å². The van der Waals surface area contributed by atoms with Gasteiger partial charge in [0.05, 0.1) is 51.4 Å². The number of aromatic nitrogens is 4. The number of hydrogen-bond donors (Lipinski definition) is 0. The molecule has 2 saturated heterocycles. The van der Waals surface area contributed by atoms with Gasteiger partial charge in [-0.2, -0.15) is 0 Å². The van der Waals surface area contributed by atoms with Crippen LogP contribution in [0.1, 0.15) is 20.3 Å². The second kappa shape index (κ2) is 21.3. The van der Waals surface area contributed by atoms with Crippen LogP contribution in [0.3, 0.4) is 0 Å². The zero-order chi connectivity index (χ0) is 39.7. The second-order valence-corrected chi connectivity index (χ2v) is 12.6. The number of nitrogens with zero attached hydrogens (tertiary/aromatic N) is 4. The summed E-state index contributed by atoms with van der Waals surface area (Å²) in [6, 6.07) is 0. The Bertz CT molecular complexity index is 1610. The number of ether oxygens (including phenoxy) is 10. The minimum absolute atomic E-state index is 0.00194.